The largest absolute Gasteiger partial charge is 0.346 e. The zero-order valence-corrected chi connectivity index (χ0v) is 13.1. The fourth-order valence-electron chi connectivity index (χ4n) is 3.19. The summed E-state index contributed by atoms with van der Waals surface area (Å²) in [5, 5.41) is 0.892. The summed E-state index contributed by atoms with van der Waals surface area (Å²) in [7, 11) is 0. The smallest absolute Gasteiger partial charge is 0.229 e. The molecular weight excluding hydrogens is 301 g/mol. The molecule has 2 saturated heterocycles. The molecule has 2 aromatic rings. The molecular formula is C16H18FN3OS. The van der Waals surface area contributed by atoms with Gasteiger partial charge < -0.3 is 9.80 Å². The number of thiazole rings is 1. The van der Waals surface area contributed by atoms with E-state index in [1.807, 2.05) is 4.90 Å². The Kier molecular flexibility index (Phi) is 3.48. The molecule has 0 radical (unpaired) electrons. The topological polar surface area (TPSA) is 36.4 Å². The average Bonchev–Trinajstić information content (AvgIpc) is 2.89. The molecule has 4 nitrogen and oxygen atoms in total. The second-order valence-corrected chi connectivity index (χ2v) is 7.11. The van der Waals surface area contributed by atoms with Crippen LogP contribution in [0, 0.1) is 11.7 Å². The molecule has 6 heteroatoms. The predicted molar refractivity (Wildman–Crippen MR) is 85.7 cm³/mol. The van der Waals surface area contributed by atoms with E-state index < -0.39 is 0 Å². The van der Waals surface area contributed by atoms with Crippen molar-refractivity contribution in [2.75, 3.05) is 31.1 Å². The van der Waals surface area contributed by atoms with E-state index >= 15 is 0 Å². The van der Waals surface area contributed by atoms with Crippen molar-refractivity contribution in [3.05, 3.63) is 24.0 Å². The number of piperidine rings is 1. The summed E-state index contributed by atoms with van der Waals surface area (Å²) in [6.45, 7) is 3.29. The molecule has 22 heavy (non-hydrogen) atoms. The SMILES string of the molecule is O=C(C1CN(c2nc3ccc(F)cc3s2)C1)N1CCCCC1. The lowest BCUT2D eigenvalue weighted by Gasteiger charge is -2.41. The first-order chi connectivity index (χ1) is 10.7. The van der Waals surface area contributed by atoms with E-state index in [0.717, 1.165) is 54.4 Å². The summed E-state index contributed by atoms with van der Waals surface area (Å²) in [5.74, 6) is 0.161. The van der Waals surface area contributed by atoms with E-state index in [4.69, 9.17) is 0 Å². The van der Waals surface area contributed by atoms with Gasteiger partial charge in [0.2, 0.25) is 5.91 Å². The Morgan fingerprint density at radius 3 is 2.77 bits per heavy atom. The van der Waals surface area contributed by atoms with Gasteiger partial charge in [0.15, 0.2) is 5.13 Å². The predicted octanol–water partition coefficient (Wildman–Crippen LogP) is 2.88. The summed E-state index contributed by atoms with van der Waals surface area (Å²) in [4.78, 5) is 21.1. The van der Waals surface area contributed by atoms with Crippen LogP contribution < -0.4 is 4.90 Å². The van der Waals surface area contributed by atoms with Crippen molar-refractivity contribution in [3.8, 4) is 0 Å². The Hall–Kier alpha value is -1.69. The van der Waals surface area contributed by atoms with Gasteiger partial charge in [-0.2, -0.15) is 0 Å². The van der Waals surface area contributed by atoms with E-state index in [2.05, 4.69) is 9.88 Å². The second-order valence-electron chi connectivity index (χ2n) is 6.10. The van der Waals surface area contributed by atoms with Crippen LogP contribution in [0.5, 0.6) is 0 Å². The van der Waals surface area contributed by atoms with Crippen molar-refractivity contribution >= 4 is 32.6 Å². The molecule has 1 aromatic carbocycles. The third-order valence-corrected chi connectivity index (χ3v) is 5.59. The normalized spacial score (nSPS) is 19.5. The van der Waals surface area contributed by atoms with Crippen LogP contribution in [-0.2, 0) is 4.79 Å². The van der Waals surface area contributed by atoms with Gasteiger partial charge in [0.1, 0.15) is 5.82 Å². The lowest BCUT2D eigenvalue weighted by atomic mass is 9.98. The number of halogens is 1. The van der Waals surface area contributed by atoms with Crippen molar-refractivity contribution in [1.82, 2.24) is 9.88 Å². The number of amides is 1. The molecule has 3 heterocycles. The standard InChI is InChI=1S/C16H18FN3OS/c17-12-4-5-13-14(8-12)22-16(18-13)20-9-11(10-20)15(21)19-6-2-1-3-7-19/h4-5,8,11H,1-3,6-7,9-10H2. The maximum atomic E-state index is 13.2. The molecule has 1 amide bonds. The highest BCUT2D eigenvalue weighted by atomic mass is 32.1. The van der Waals surface area contributed by atoms with E-state index in [9.17, 15) is 9.18 Å². The molecule has 4 rings (SSSR count). The second kappa shape index (κ2) is 5.50. The zero-order chi connectivity index (χ0) is 15.1. The van der Waals surface area contributed by atoms with E-state index in [1.54, 1.807) is 6.07 Å². The molecule has 2 aliphatic heterocycles. The average molecular weight is 319 g/mol. The summed E-state index contributed by atoms with van der Waals surface area (Å²) >= 11 is 1.49. The van der Waals surface area contributed by atoms with Gasteiger partial charge in [-0.05, 0) is 37.5 Å². The molecule has 2 fully saturated rings. The molecule has 0 N–H and O–H groups in total. The fraction of sp³-hybridized carbons (Fsp3) is 0.500. The maximum absolute atomic E-state index is 13.2. The molecule has 0 unspecified atom stereocenters. The third kappa shape index (κ3) is 2.45. The Bertz CT molecular complexity index is 704. The number of rotatable bonds is 2. The Labute approximate surface area is 132 Å². The van der Waals surface area contributed by atoms with Crippen LogP contribution in [-0.4, -0.2) is 42.0 Å². The fourth-order valence-corrected chi connectivity index (χ4v) is 4.19. The van der Waals surface area contributed by atoms with Crippen LogP contribution in [0.25, 0.3) is 10.2 Å². The van der Waals surface area contributed by atoms with Crippen LogP contribution >= 0.6 is 11.3 Å². The molecule has 2 aliphatic rings. The summed E-state index contributed by atoms with van der Waals surface area (Å²) in [6.07, 6.45) is 3.50. The van der Waals surface area contributed by atoms with Gasteiger partial charge in [0, 0.05) is 26.2 Å². The molecule has 0 saturated carbocycles. The first-order valence-electron chi connectivity index (χ1n) is 7.80. The van der Waals surface area contributed by atoms with Gasteiger partial charge in [-0.25, -0.2) is 9.37 Å². The van der Waals surface area contributed by atoms with Crippen molar-refractivity contribution in [3.63, 3.8) is 0 Å². The Morgan fingerprint density at radius 2 is 2.00 bits per heavy atom. The van der Waals surface area contributed by atoms with Crippen LogP contribution in [0.1, 0.15) is 19.3 Å². The van der Waals surface area contributed by atoms with Crippen LogP contribution in [0.4, 0.5) is 9.52 Å². The number of aromatic nitrogens is 1. The van der Waals surface area contributed by atoms with E-state index in [-0.39, 0.29) is 11.7 Å². The van der Waals surface area contributed by atoms with Crippen molar-refractivity contribution in [2.45, 2.75) is 19.3 Å². The van der Waals surface area contributed by atoms with Crippen LogP contribution in [0.2, 0.25) is 0 Å². The van der Waals surface area contributed by atoms with E-state index in [1.165, 1.54) is 29.9 Å². The van der Waals surface area contributed by atoms with Crippen molar-refractivity contribution in [2.24, 2.45) is 5.92 Å². The molecule has 0 spiro atoms. The van der Waals surface area contributed by atoms with E-state index in [0.29, 0.717) is 5.91 Å². The highest BCUT2D eigenvalue weighted by molar-refractivity contribution is 7.22. The van der Waals surface area contributed by atoms with Gasteiger partial charge in [-0.3, -0.25) is 4.79 Å². The number of fused-ring (bicyclic) bond motifs is 1. The number of hydrogen-bond donors (Lipinski definition) is 0. The zero-order valence-electron chi connectivity index (χ0n) is 12.3. The minimum Gasteiger partial charge on any atom is -0.346 e. The van der Waals surface area contributed by atoms with Crippen LogP contribution in [0.3, 0.4) is 0 Å². The van der Waals surface area contributed by atoms with Crippen LogP contribution in [0.15, 0.2) is 18.2 Å². The minimum absolute atomic E-state index is 0.0989. The van der Waals surface area contributed by atoms with Gasteiger partial charge in [0.25, 0.3) is 0 Å². The number of carbonyl (C=O) groups is 1. The lowest BCUT2D eigenvalue weighted by Crippen LogP contribution is -2.55. The summed E-state index contributed by atoms with van der Waals surface area (Å²) < 4.78 is 14.1. The van der Waals surface area contributed by atoms with Gasteiger partial charge in [0.05, 0.1) is 16.1 Å². The van der Waals surface area contributed by atoms with Gasteiger partial charge in [-0.15, -0.1) is 0 Å². The highest BCUT2D eigenvalue weighted by Gasteiger charge is 2.37. The van der Waals surface area contributed by atoms with Gasteiger partial charge in [-0.1, -0.05) is 11.3 Å². The molecule has 0 atom stereocenters. The quantitative estimate of drug-likeness (QED) is 0.854. The number of anilines is 1. The Balaban J connectivity index is 1.42. The summed E-state index contributed by atoms with van der Waals surface area (Å²) in [5.41, 5.74) is 0.826. The highest BCUT2D eigenvalue weighted by Crippen LogP contribution is 2.33. The van der Waals surface area contributed by atoms with Crippen molar-refractivity contribution in [1.29, 1.82) is 0 Å². The minimum atomic E-state index is -0.232. The number of benzene rings is 1. The number of carbonyl (C=O) groups excluding carboxylic acids is 1. The first kappa shape index (κ1) is 13.9. The first-order valence-corrected chi connectivity index (χ1v) is 8.62. The third-order valence-electron chi connectivity index (χ3n) is 4.51. The molecule has 116 valence electrons. The number of likely N-dealkylation sites (tertiary alicyclic amines) is 1. The molecule has 0 bridgehead atoms. The monoisotopic (exact) mass is 319 g/mol. The van der Waals surface area contributed by atoms with Gasteiger partial charge >= 0.3 is 0 Å². The Morgan fingerprint density at radius 1 is 1.23 bits per heavy atom. The molecule has 0 aliphatic carbocycles. The summed E-state index contributed by atoms with van der Waals surface area (Å²) in [6, 6.07) is 4.66. The van der Waals surface area contributed by atoms with Crippen molar-refractivity contribution < 1.29 is 9.18 Å². The number of nitrogens with zero attached hydrogens (tertiary/aromatic N) is 3. The number of hydrogen-bond acceptors (Lipinski definition) is 4. The lowest BCUT2D eigenvalue weighted by molar-refractivity contribution is -0.137. The maximum Gasteiger partial charge on any atom is 0.229 e. The molecule has 1 aromatic heterocycles.